The Morgan fingerprint density at radius 3 is 2.06 bits per heavy atom. The van der Waals surface area contributed by atoms with Crippen LogP contribution in [0.25, 0.3) is 33.3 Å². The Labute approximate surface area is 215 Å². The molecule has 0 amide bonds. The summed E-state index contributed by atoms with van der Waals surface area (Å²) in [6.45, 7) is 1.03. The van der Waals surface area contributed by atoms with Gasteiger partial charge in [0.1, 0.15) is 0 Å². The normalized spacial score (nSPS) is 15.9. The molecule has 1 atom stereocenters. The quantitative estimate of drug-likeness (QED) is 0.340. The van der Waals surface area contributed by atoms with Crippen LogP contribution in [0.3, 0.4) is 0 Å². The van der Waals surface area contributed by atoms with Crippen molar-refractivity contribution >= 4 is 32.5 Å². The van der Waals surface area contributed by atoms with Crippen LogP contribution < -0.4 is 5.69 Å². The summed E-state index contributed by atoms with van der Waals surface area (Å²) < 4.78 is 28.0. The number of fused-ring (bicyclic) bond motifs is 1. The molecule has 190 valence electrons. The van der Waals surface area contributed by atoms with Crippen molar-refractivity contribution < 1.29 is 18.3 Å². The fourth-order valence-corrected chi connectivity index (χ4v) is 5.24. The maximum atomic E-state index is 11.5. The second-order valence-electron chi connectivity index (χ2n) is 8.97. The standard InChI is InChI=1S/C21H17ClN2O3S.C6H12O2/c1-28(26,27)12-13-2-4-14(5-3-13)15-6-8-16(9-7-15)17-10-19-20(11-18(17)22)24-21(25)23-19;7-5-6-3-1-2-4-8-6/h2-11H,12H2,1H3,(H2,23,24,25);6-7H,1-5H2/t;6-/m.0/s1. The van der Waals surface area contributed by atoms with E-state index < -0.39 is 9.84 Å². The summed E-state index contributed by atoms with van der Waals surface area (Å²) in [4.78, 5) is 16.9. The van der Waals surface area contributed by atoms with Gasteiger partial charge in [-0.05, 0) is 53.6 Å². The predicted molar refractivity (Wildman–Crippen MR) is 144 cm³/mol. The lowest BCUT2D eigenvalue weighted by Gasteiger charge is -2.19. The van der Waals surface area contributed by atoms with E-state index in [-0.39, 0.29) is 24.2 Å². The zero-order valence-corrected chi connectivity index (χ0v) is 21.5. The van der Waals surface area contributed by atoms with E-state index in [0.29, 0.717) is 16.1 Å². The molecular formula is C27H29ClN2O5S. The van der Waals surface area contributed by atoms with Crippen LogP contribution in [0.15, 0.2) is 65.5 Å². The van der Waals surface area contributed by atoms with Gasteiger partial charge in [0.15, 0.2) is 9.84 Å². The first-order valence-electron chi connectivity index (χ1n) is 11.7. The van der Waals surface area contributed by atoms with Crippen LogP contribution in [0, 0.1) is 0 Å². The lowest BCUT2D eigenvalue weighted by atomic mass is 9.99. The van der Waals surface area contributed by atoms with E-state index in [1.807, 2.05) is 54.6 Å². The Hall–Kier alpha value is -2.91. The summed E-state index contributed by atoms with van der Waals surface area (Å²) in [6.07, 6.45) is 4.78. The first-order valence-corrected chi connectivity index (χ1v) is 14.2. The molecule has 0 spiro atoms. The Kier molecular flexibility index (Phi) is 8.31. The molecule has 1 aliphatic rings. The van der Waals surface area contributed by atoms with Crippen LogP contribution >= 0.6 is 11.6 Å². The number of ether oxygens (including phenoxy) is 1. The smallest absolute Gasteiger partial charge is 0.323 e. The molecule has 1 aromatic heterocycles. The number of aromatic amines is 2. The molecule has 0 bridgehead atoms. The van der Waals surface area contributed by atoms with Crippen LogP contribution in [0.4, 0.5) is 0 Å². The van der Waals surface area contributed by atoms with E-state index in [9.17, 15) is 13.2 Å². The zero-order chi connectivity index (χ0) is 25.7. The lowest BCUT2D eigenvalue weighted by molar-refractivity contribution is -0.0172. The van der Waals surface area contributed by atoms with Gasteiger partial charge >= 0.3 is 5.69 Å². The van der Waals surface area contributed by atoms with Gasteiger partial charge in [0.2, 0.25) is 0 Å². The van der Waals surface area contributed by atoms with E-state index >= 15 is 0 Å². The third kappa shape index (κ3) is 6.85. The van der Waals surface area contributed by atoms with Crippen LogP contribution in [0.5, 0.6) is 0 Å². The molecule has 3 aromatic carbocycles. The Morgan fingerprint density at radius 1 is 0.944 bits per heavy atom. The molecule has 1 aliphatic heterocycles. The van der Waals surface area contributed by atoms with E-state index in [2.05, 4.69) is 9.97 Å². The summed E-state index contributed by atoms with van der Waals surface area (Å²) >= 11 is 6.39. The highest BCUT2D eigenvalue weighted by atomic mass is 35.5. The van der Waals surface area contributed by atoms with Crippen molar-refractivity contribution in [1.29, 1.82) is 0 Å². The summed E-state index contributed by atoms with van der Waals surface area (Å²) in [5, 5.41) is 9.12. The van der Waals surface area contributed by atoms with E-state index in [1.54, 1.807) is 6.07 Å². The number of rotatable bonds is 5. The Bertz CT molecular complexity index is 1470. The Morgan fingerprint density at radius 2 is 1.53 bits per heavy atom. The third-order valence-electron chi connectivity index (χ3n) is 5.99. The summed E-state index contributed by atoms with van der Waals surface area (Å²) in [5.74, 6) is 0.0362. The van der Waals surface area contributed by atoms with Crippen molar-refractivity contribution in [3.63, 3.8) is 0 Å². The van der Waals surface area contributed by atoms with Gasteiger partial charge in [-0.2, -0.15) is 0 Å². The molecule has 7 nitrogen and oxygen atoms in total. The number of imidazole rings is 1. The fourth-order valence-electron chi connectivity index (χ4n) is 4.17. The predicted octanol–water partition coefficient (Wildman–Crippen LogP) is 4.94. The minimum absolute atomic E-state index is 0.0362. The third-order valence-corrected chi connectivity index (χ3v) is 7.16. The summed E-state index contributed by atoms with van der Waals surface area (Å²) in [6, 6.07) is 19.0. The highest BCUT2D eigenvalue weighted by Crippen LogP contribution is 2.32. The molecule has 4 aromatic rings. The number of aromatic nitrogens is 2. The van der Waals surface area contributed by atoms with Crippen LogP contribution in [0.2, 0.25) is 5.02 Å². The number of H-pyrrole nitrogens is 2. The van der Waals surface area contributed by atoms with E-state index in [0.717, 1.165) is 47.3 Å². The van der Waals surface area contributed by atoms with Crippen molar-refractivity contribution in [1.82, 2.24) is 9.97 Å². The van der Waals surface area contributed by atoms with Gasteiger partial charge in [0, 0.05) is 18.4 Å². The molecule has 0 radical (unpaired) electrons. The lowest BCUT2D eigenvalue weighted by Crippen LogP contribution is -2.22. The van der Waals surface area contributed by atoms with Gasteiger partial charge in [-0.1, -0.05) is 60.1 Å². The summed E-state index contributed by atoms with van der Waals surface area (Å²) in [5.41, 5.74) is 5.66. The van der Waals surface area contributed by atoms with Gasteiger partial charge in [-0.15, -0.1) is 0 Å². The largest absolute Gasteiger partial charge is 0.394 e. The van der Waals surface area contributed by atoms with Gasteiger partial charge in [0.05, 0.1) is 34.5 Å². The molecule has 0 unspecified atom stereocenters. The van der Waals surface area contributed by atoms with Gasteiger partial charge in [-0.3, -0.25) is 0 Å². The molecule has 3 N–H and O–H groups in total. The molecule has 0 saturated carbocycles. The monoisotopic (exact) mass is 528 g/mol. The van der Waals surface area contributed by atoms with Crippen molar-refractivity contribution in [2.75, 3.05) is 19.5 Å². The van der Waals surface area contributed by atoms with E-state index in [1.165, 1.54) is 12.7 Å². The average molecular weight is 529 g/mol. The second kappa shape index (κ2) is 11.4. The topological polar surface area (TPSA) is 112 Å². The van der Waals surface area contributed by atoms with Gasteiger partial charge < -0.3 is 19.8 Å². The first-order chi connectivity index (χ1) is 17.2. The van der Waals surface area contributed by atoms with Crippen molar-refractivity contribution in [3.05, 3.63) is 81.7 Å². The van der Waals surface area contributed by atoms with Crippen LogP contribution in [0.1, 0.15) is 24.8 Å². The Balaban J connectivity index is 0.000000325. The number of benzene rings is 3. The zero-order valence-electron chi connectivity index (χ0n) is 20.0. The molecule has 36 heavy (non-hydrogen) atoms. The molecular weight excluding hydrogens is 500 g/mol. The molecule has 9 heteroatoms. The van der Waals surface area contributed by atoms with Crippen molar-refractivity contribution in [2.24, 2.45) is 0 Å². The first kappa shape index (κ1) is 26.2. The second-order valence-corrected chi connectivity index (χ2v) is 11.5. The molecule has 1 saturated heterocycles. The number of hydrogen-bond donors (Lipinski definition) is 3. The number of nitrogens with one attached hydrogen (secondary N) is 2. The fraction of sp³-hybridized carbons (Fsp3) is 0.296. The van der Waals surface area contributed by atoms with Crippen LogP contribution in [-0.4, -0.2) is 49.1 Å². The van der Waals surface area contributed by atoms with E-state index in [4.69, 9.17) is 21.4 Å². The SMILES string of the molecule is CS(=O)(=O)Cc1ccc(-c2ccc(-c3cc4[nH]c(=O)[nH]c4cc3Cl)cc2)cc1.OC[C@@H]1CCCCO1. The number of hydrogen-bond acceptors (Lipinski definition) is 5. The van der Waals surface area contributed by atoms with Gasteiger partial charge in [0.25, 0.3) is 0 Å². The molecule has 5 rings (SSSR count). The number of aliphatic hydroxyl groups is 1. The maximum Gasteiger partial charge on any atom is 0.323 e. The minimum Gasteiger partial charge on any atom is -0.394 e. The highest BCUT2D eigenvalue weighted by Gasteiger charge is 2.11. The summed E-state index contributed by atoms with van der Waals surface area (Å²) in [7, 11) is -3.05. The average Bonchev–Trinajstić information content (AvgIpc) is 3.23. The van der Waals surface area contributed by atoms with Gasteiger partial charge in [-0.25, -0.2) is 13.2 Å². The van der Waals surface area contributed by atoms with Crippen molar-refractivity contribution in [2.45, 2.75) is 31.1 Å². The van der Waals surface area contributed by atoms with Crippen LogP contribution in [-0.2, 0) is 20.3 Å². The number of halogens is 1. The molecule has 2 heterocycles. The minimum atomic E-state index is -3.05. The number of aliphatic hydroxyl groups excluding tert-OH is 1. The molecule has 1 fully saturated rings. The highest BCUT2D eigenvalue weighted by molar-refractivity contribution is 7.89. The number of sulfone groups is 1. The van der Waals surface area contributed by atoms with Crippen molar-refractivity contribution in [3.8, 4) is 22.3 Å². The maximum absolute atomic E-state index is 11.5. The molecule has 0 aliphatic carbocycles.